The first kappa shape index (κ1) is 12.9. The van der Waals surface area contributed by atoms with E-state index in [2.05, 4.69) is 19.2 Å². The predicted octanol–water partition coefficient (Wildman–Crippen LogP) is 1.14. The van der Waals surface area contributed by atoms with E-state index >= 15 is 0 Å². The van der Waals surface area contributed by atoms with E-state index in [9.17, 15) is 9.90 Å². The van der Waals surface area contributed by atoms with Crippen LogP contribution in [0.25, 0.3) is 0 Å². The van der Waals surface area contributed by atoms with Crippen LogP contribution >= 0.6 is 0 Å². The molecule has 4 nitrogen and oxygen atoms in total. The molecule has 2 atom stereocenters. The smallest absolute Gasteiger partial charge is 0.227 e. The third-order valence-electron chi connectivity index (χ3n) is 3.35. The first-order valence-corrected chi connectivity index (χ1v) is 6.37. The molecule has 0 bridgehead atoms. The van der Waals surface area contributed by atoms with Gasteiger partial charge < -0.3 is 15.3 Å². The van der Waals surface area contributed by atoms with Crippen molar-refractivity contribution in [2.24, 2.45) is 0 Å². The van der Waals surface area contributed by atoms with Crippen LogP contribution in [0.2, 0.25) is 0 Å². The molecule has 2 N–H and O–H groups in total. The van der Waals surface area contributed by atoms with E-state index in [1.165, 1.54) is 0 Å². The SMILES string of the molecule is CC1CN(C(=O)Cc2cccc(O)c2)C(C)CN1. The van der Waals surface area contributed by atoms with Gasteiger partial charge in [0, 0.05) is 25.2 Å². The normalized spacial score (nSPS) is 24.0. The lowest BCUT2D eigenvalue weighted by Crippen LogP contribution is -2.56. The highest BCUT2D eigenvalue weighted by Gasteiger charge is 2.26. The Morgan fingerprint density at radius 3 is 3.00 bits per heavy atom. The number of nitrogens with zero attached hydrogens (tertiary/aromatic N) is 1. The fraction of sp³-hybridized carbons (Fsp3) is 0.500. The number of benzene rings is 1. The van der Waals surface area contributed by atoms with Crippen LogP contribution in [0.15, 0.2) is 24.3 Å². The van der Waals surface area contributed by atoms with E-state index in [-0.39, 0.29) is 17.7 Å². The summed E-state index contributed by atoms with van der Waals surface area (Å²) in [5, 5.41) is 12.8. The molecule has 0 saturated carbocycles. The molecule has 4 heteroatoms. The molecule has 1 heterocycles. The van der Waals surface area contributed by atoms with E-state index in [0.29, 0.717) is 12.5 Å². The van der Waals surface area contributed by atoms with E-state index in [1.54, 1.807) is 18.2 Å². The summed E-state index contributed by atoms with van der Waals surface area (Å²) in [6.07, 6.45) is 0.353. The van der Waals surface area contributed by atoms with Crippen molar-refractivity contribution in [2.75, 3.05) is 13.1 Å². The molecule has 1 aromatic rings. The Balaban J connectivity index is 2.02. The molecule has 2 rings (SSSR count). The number of carbonyl (C=O) groups is 1. The monoisotopic (exact) mass is 248 g/mol. The topological polar surface area (TPSA) is 52.6 Å². The van der Waals surface area contributed by atoms with Gasteiger partial charge >= 0.3 is 0 Å². The highest BCUT2D eigenvalue weighted by Crippen LogP contribution is 2.14. The van der Waals surface area contributed by atoms with Gasteiger partial charge in [0.1, 0.15) is 5.75 Å². The molecular formula is C14H20N2O2. The Hall–Kier alpha value is -1.55. The lowest BCUT2D eigenvalue weighted by atomic mass is 10.1. The Labute approximate surface area is 108 Å². The zero-order valence-corrected chi connectivity index (χ0v) is 10.9. The van der Waals surface area contributed by atoms with Crippen LogP contribution in [0.3, 0.4) is 0 Å². The Bertz CT molecular complexity index is 434. The van der Waals surface area contributed by atoms with Gasteiger partial charge in [-0.1, -0.05) is 12.1 Å². The third kappa shape index (κ3) is 3.01. The minimum absolute atomic E-state index is 0.126. The van der Waals surface area contributed by atoms with Crippen molar-refractivity contribution in [3.63, 3.8) is 0 Å². The summed E-state index contributed by atoms with van der Waals surface area (Å²) < 4.78 is 0. The van der Waals surface area contributed by atoms with Gasteiger partial charge in [-0.15, -0.1) is 0 Å². The average molecular weight is 248 g/mol. The number of phenolic OH excluding ortho intramolecular Hbond substituents is 1. The van der Waals surface area contributed by atoms with Crippen LogP contribution < -0.4 is 5.32 Å². The number of carbonyl (C=O) groups excluding carboxylic acids is 1. The van der Waals surface area contributed by atoms with Crippen molar-refractivity contribution in [2.45, 2.75) is 32.4 Å². The summed E-state index contributed by atoms with van der Waals surface area (Å²) in [4.78, 5) is 14.2. The van der Waals surface area contributed by atoms with Crippen molar-refractivity contribution >= 4 is 5.91 Å². The third-order valence-corrected chi connectivity index (χ3v) is 3.35. The zero-order chi connectivity index (χ0) is 13.1. The minimum atomic E-state index is 0.126. The Morgan fingerprint density at radius 1 is 1.50 bits per heavy atom. The molecule has 1 saturated heterocycles. The average Bonchev–Trinajstić information content (AvgIpc) is 2.32. The molecular weight excluding hydrogens is 228 g/mol. The zero-order valence-electron chi connectivity index (χ0n) is 10.9. The standard InChI is InChI=1S/C14H20N2O2/c1-10-9-16(11(2)8-15-10)14(18)7-12-4-3-5-13(17)6-12/h3-6,10-11,15,17H,7-9H2,1-2H3. The molecule has 1 aliphatic rings. The van der Waals surface area contributed by atoms with Gasteiger partial charge in [0.25, 0.3) is 0 Å². The van der Waals surface area contributed by atoms with E-state index < -0.39 is 0 Å². The number of hydrogen-bond donors (Lipinski definition) is 2. The predicted molar refractivity (Wildman–Crippen MR) is 70.5 cm³/mol. The van der Waals surface area contributed by atoms with E-state index in [0.717, 1.165) is 18.7 Å². The van der Waals surface area contributed by atoms with Crippen LogP contribution in [-0.2, 0) is 11.2 Å². The number of phenols is 1. The first-order valence-electron chi connectivity index (χ1n) is 6.37. The second-order valence-electron chi connectivity index (χ2n) is 5.05. The maximum Gasteiger partial charge on any atom is 0.227 e. The summed E-state index contributed by atoms with van der Waals surface area (Å²) in [6.45, 7) is 5.73. The lowest BCUT2D eigenvalue weighted by molar-refractivity contribution is -0.133. The van der Waals surface area contributed by atoms with Gasteiger partial charge in [-0.05, 0) is 31.5 Å². The lowest BCUT2D eigenvalue weighted by Gasteiger charge is -2.37. The van der Waals surface area contributed by atoms with Crippen molar-refractivity contribution in [3.05, 3.63) is 29.8 Å². The number of nitrogens with one attached hydrogen (secondary N) is 1. The van der Waals surface area contributed by atoms with Gasteiger partial charge in [0.05, 0.1) is 6.42 Å². The van der Waals surface area contributed by atoms with Gasteiger partial charge in [-0.2, -0.15) is 0 Å². The van der Waals surface area contributed by atoms with Crippen LogP contribution in [0.4, 0.5) is 0 Å². The fourth-order valence-corrected chi connectivity index (χ4v) is 2.31. The maximum atomic E-state index is 12.3. The highest BCUT2D eigenvalue weighted by molar-refractivity contribution is 5.79. The first-order chi connectivity index (χ1) is 8.56. The molecule has 0 radical (unpaired) electrons. The summed E-state index contributed by atoms with van der Waals surface area (Å²) in [5.74, 6) is 0.337. The van der Waals surface area contributed by atoms with E-state index in [1.807, 2.05) is 11.0 Å². The Kier molecular flexibility index (Phi) is 3.87. The molecule has 98 valence electrons. The van der Waals surface area contributed by atoms with Crippen LogP contribution in [0.1, 0.15) is 19.4 Å². The second-order valence-corrected chi connectivity index (χ2v) is 5.05. The van der Waals surface area contributed by atoms with Gasteiger partial charge in [-0.3, -0.25) is 4.79 Å². The van der Waals surface area contributed by atoms with Gasteiger partial charge in [0.2, 0.25) is 5.91 Å². The quantitative estimate of drug-likeness (QED) is 0.825. The molecule has 2 unspecified atom stereocenters. The highest BCUT2D eigenvalue weighted by atomic mass is 16.3. The van der Waals surface area contributed by atoms with Crippen molar-refractivity contribution in [1.82, 2.24) is 10.2 Å². The van der Waals surface area contributed by atoms with E-state index in [4.69, 9.17) is 0 Å². The summed E-state index contributed by atoms with van der Waals surface area (Å²) in [5.41, 5.74) is 0.860. The summed E-state index contributed by atoms with van der Waals surface area (Å²) in [7, 11) is 0. The molecule has 1 amide bonds. The Morgan fingerprint density at radius 2 is 2.28 bits per heavy atom. The van der Waals surface area contributed by atoms with Crippen LogP contribution in [0, 0.1) is 0 Å². The van der Waals surface area contributed by atoms with Crippen molar-refractivity contribution < 1.29 is 9.90 Å². The van der Waals surface area contributed by atoms with Crippen molar-refractivity contribution in [3.8, 4) is 5.75 Å². The summed E-state index contributed by atoms with van der Waals surface area (Å²) in [6, 6.07) is 7.47. The molecule has 0 aliphatic carbocycles. The molecule has 18 heavy (non-hydrogen) atoms. The molecule has 0 aromatic heterocycles. The fourth-order valence-electron chi connectivity index (χ4n) is 2.31. The molecule has 1 aliphatic heterocycles. The number of piperazine rings is 1. The van der Waals surface area contributed by atoms with Gasteiger partial charge in [-0.25, -0.2) is 0 Å². The minimum Gasteiger partial charge on any atom is -0.508 e. The second kappa shape index (κ2) is 5.40. The largest absolute Gasteiger partial charge is 0.508 e. The number of hydrogen-bond acceptors (Lipinski definition) is 3. The molecule has 1 fully saturated rings. The van der Waals surface area contributed by atoms with Crippen LogP contribution in [-0.4, -0.2) is 41.1 Å². The number of amides is 1. The number of aromatic hydroxyl groups is 1. The molecule has 1 aromatic carbocycles. The number of rotatable bonds is 2. The van der Waals surface area contributed by atoms with Crippen LogP contribution in [0.5, 0.6) is 5.75 Å². The summed E-state index contributed by atoms with van der Waals surface area (Å²) >= 11 is 0. The van der Waals surface area contributed by atoms with Gasteiger partial charge in [0.15, 0.2) is 0 Å². The van der Waals surface area contributed by atoms with Crippen molar-refractivity contribution in [1.29, 1.82) is 0 Å². The molecule has 0 spiro atoms. The maximum absolute atomic E-state index is 12.3.